The maximum Gasteiger partial charge on any atom is 0.328 e. The molecule has 0 radical (unpaired) electrons. The number of carboxylic acids is 1. The molecule has 7 heteroatoms. The smallest absolute Gasteiger partial charge is 0.328 e. The largest absolute Gasteiger partial charge is 0.480 e. The highest BCUT2D eigenvalue weighted by Crippen LogP contribution is 2.14. The topological polar surface area (TPSA) is 92.0 Å². The molecule has 0 aliphatic carbocycles. The summed E-state index contributed by atoms with van der Waals surface area (Å²) in [6.45, 7) is 2.38. The van der Waals surface area contributed by atoms with Gasteiger partial charge in [0.2, 0.25) is 0 Å². The number of morpholine rings is 1. The number of ether oxygens (including phenoxy) is 1. The zero-order valence-corrected chi connectivity index (χ0v) is 10.5. The van der Waals surface area contributed by atoms with Gasteiger partial charge < -0.3 is 24.5 Å². The number of furan rings is 1. The highest BCUT2D eigenvalue weighted by atomic mass is 16.5. The zero-order valence-electron chi connectivity index (χ0n) is 10.5. The number of carbonyl (C=O) groups is 2. The van der Waals surface area contributed by atoms with Crippen molar-refractivity contribution in [2.75, 3.05) is 19.8 Å². The molecule has 2 heterocycles. The maximum absolute atomic E-state index is 12.1. The molecule has 0 aromatic carbocycles. The third-order valence-corrected chi connectivity index (χ3v) is 2.98. The standard InChI is InChI=1S/C12H16N2O5/c1-8(10-3-2-5-19-10)13-12(17)14-4-6-18-7-9(14)11(15)16/h2-3,5,8-9H,4,6-7H2,1H3,(H,13,17)(H,15,16). The molecule has 1 aromatic rings. The van der Waals surface area contributed by atoms with Crippen LogP contribution in [0.5, 0.6) is 0 Å². The van der Waals surface area contributed by atoms with Gasteiger partial charge in [-0.3, -0.25) is 0 Å². The Morgan fingerprint density at radius 2 is 2.37 bits per heavy atom. The van der Waals surface area contributed by atoms with Crippen molar-refractivity contribution < 1.29 is 23.8 Å². The Morgan fingerprint density at radius 3 is 3.00 bits per heavy atom. The molecule has 1 aromatic heterocycles. The number of amides is 2. The van der Waals surface area contributed by atoms with Gasteiger partial charge >= 0.3 is 12.0 Å². The molecule has 2 amide bonds. The Labute approximate surface area is 110 Å². The minimum Gasteiger partial charge on any atom is -0.480 e. The quantitative estimate of drug-likeness (QED) is 0.847. The summed E-state index contributed by atoms with van der Waals surface area (Å²) < 4.78 is 10.3. The molecule has 1 fully saturated rings. The molecule has 2 N–H and O–H groups in total. The van der Waals surface area contributed by atoms with Gasteiger partial charge in [0, 0.05) is 6.54 Å². The summed E-state index contributed by atoms with van der Waals surface area (Å²) in [5, 5.41) is 11.8. The third-order valence-electron chi connectivity index (χ3n) is 2.98. The fourth-order valence-corrected chi connectivity index (χ4v) is 1.93. The predicted octanol–water partition coefficient (Wildman–Crippen LogP) is 0.836. The van der Waals surface area contributed by atoms with Crippen molar-refractivity contribution in [2.24, 2.45) is 0 Å². The molecule has 19 heavy (non-hydrogen) atoms. The van der Waals surface area contributed by atoms with Crippen LogP contribution in [0.2, 0.25) is 0 Å². The number of hydrogen-bond acceptors (Lipinski definition) is 4. The van der Waals surface area contributed by atoms with Crippen LogP contribution in [0, 0.1) is 0 Å². The molecule has 0 spiro atoms. The summed E-state index contributed by atoms with van der Waals surface area (Å²) in [7, 11) is 0. The lowest BCUT2D eigenvalue weighted by molar-refractivity contribution is -0.147. The van der Waals surface area contributed by atoms with Crippen LogP contribution in [-0.2, 0) is 9.53 Å². The first-order chi connectivity index (χ1) is 9.09. The molecule has 2 rings (SSSR count). The van der Waals surface area contributed by atoms with Crippen molar-refractivity contribution in [1.29, 1.82) is 0 Å². The second-order valence-corrected chi connectivity index (χ2v) is 4.31. The van der Waals surface area contributed by atoms with Crippen molar-refractivity contribution in [1.82, 2.24) is 10.2 Å². The van der Waals surface area contributed by atoms with E-state index in [0.29, 0.717) is 12.4 Å². The fourth-order valence-electron chi connectivity index (χ4n) is 1.93. The number of rotatable bonds is 3. The van der Waals surface area contributed by atoms with Crippen LogP contribution in [0.3, 0.4) is 0 Å². The minimum absolute atomic E-state index is 0.0118. The lowest BCUT2D eigenvalue weighted by Gasteiger charge is -2.33. The normalized spacial score (nSPS) is 20.9. The second kappa shape index (κ2) is 5.75. The van der Waals surface area contributed by atoms with E-state index in [9.17, 15) is 9.59 Å². The molecule has 0 bridgehead atoms. The molecule has 7 nitrogen and oxygen atoms in total. The van der Waals surface area contributed by atoms with Gasteiger partial charge in [-0.25, -0.2) is 9.59 Å². The summed E-state index contributed by atoms with van der Waals surface area (Å²) in [5.74, 6) is -0.450. The van der Waals surface area contributed by atoms with Crippen LogP contribution in [0.25, 0.3) is 0 Å². The number of carbonyl (C=O) groups excluding carboxylic acids is 1. The number of aliphatic carboxylic acids is 1. The Bertz CT molecular complexity index is 445. The summed E-state index contributed by atoms with van der Waals surface area (Å²) >= 11 is 0. The Morgan fingerprint density at radius 1 is 1.58 bits per heavy atom. The molecule has 104 valence electrons. The van der Waals surface area contributed by atoms with Crippen LogP contribution < -0.4 is 5.32 Å². The first-order valence-corrected chi connectivity index (χ1v) is 6.00. The van der Waals surface area contributed by atoms with Gasteiger partial charge in [0.15, 0.2) is 6.04 Å². The summed E-state index contributed by atoms with van der Waals surface area (Å²) in [6, 6.07) is 1.78. The van der Waals surface area contributed by atoms with Crippen molar-refractivity contribution in [3.8, 4) is 0 Å². The molecule has 0 saturated carbocycles. The molecule has 2 unspecified atom stereocenters. The van der Waals surface area contributed by atoms with Crippen molar-refractivity contribution in [2.45, 2.75) is 19.0 Å². The lowest BCUT2D eigenvalue weighted by atomic mass is 10.2. The first kappa shape index (κ1) is 13.4. The average Bonchev–Trinajstić information content (AvgIpc) is 2.92. The van der Waals surface area contributed by atoms with Crippen LogP contribution >= 0.6 is 0 Å². The number of carboxylic acid groups (broad SMARTS) is 1. The van der Waals surface area contributed by atoms with E-state index in [1.807, 2.05) is 0 Å². The summed E-state index contributed by atoms with van der Waals surface area (Å²) in [4.78, 5) is 24.4. The van der Waals surface area contributed by atoms with Gasteiger partial charge in [-0.2, -0.15) is 0 Å². The van der Waals surface area contributed by atoms with Gasteiger partial charge in [0.05, 0.1) is 25.5 Å². The van der Waals surface area contributed by atoms with Crippen LogP contribution in [-0.4, -0.2) is 47.8 Å². The molecule has 1 aliphatic rings. The van der Waals surface area contributed by atoms with E-state index in [-0.39, 0.29) is 19.2 Å². The number of nitrogens with one attached hydrogen (secondary N) is 1. The van der Waals surface area contributed by atoms with E-state index < -0.39 is 18.0 Å². The zero-order chi connectivity index (χ0) is 13.8. The number of nitrogens with zero attached hydrogens (tertiary/aromatic N) is 1. The third kappa shape index (κ3) is 3.05. The average molecular weight is 268 g/mol. The second-order valence-electron chi connectivity index (χ2n) is 4.31. The van der Waals surface area contributed by atoms with E-state index in [1.165, 1.54) is 11.2 Å². The predicted molar refractivity (Wildman–Crippen MR) is 64.6 cm³/mol. The number of urea groups is 1. The van der Waals surface area contributed by atoms with Gasteiger partial charge in [-0.05, 0) is 19.1 Å². The summed E-state index contributed by atoms with van der Waals surface area (Å²) in [6.07, 6.45) is 1.52. The number of hydrogen-bond donors (Lipinski definition) is 2. The van der Waals surface area contributed by atoms with Gasteiger partial charge in [-0.1, -0.05) is 0 Å². The molecular formula is C12H16N2O5. The highest BCUT2D eigenvalue weighted by molar-refractivity contribution is 5.83. The molecular weight excluding hydrogens is 252 g/mol. The highest BCUT2D eigenvalue weighted by Gasteiger charge is 2.33. The van der Waals surface area contributed by atoms with E-state index in [4.69, 9.17) is 14.3 Å². The van der Waals surface area contributed by atoms with Crippen molar-refractivity contribution in [3.63, 3.8) is 0 Å². The van der Waals surface area contributed by atoms with Crippen LogP contribution in [0.4, 0.5) is 4.79 Å². The van der Waals surface area contributed by atoms with E-state index >= 15 is 0 Å². The maximum atomic E-state index is 12.1. The summed E-state index contributed by atoms with van der Waals surface area (Å²) in [5.41, 5.74) is 0. The SMILES string of the molecule is CC(NC(=O)N1CCOCC1C(=O)O)c1ccco1. The Hall–Kier alpha value is -2.02. The van der Waals surface area contributed by atoms with Gasteiger partial charge in [-0.15, -0.1) is 0 Å². The van der Waals surface area contributed by atoms with E-state index in [0.717, 1.165) is 0 Å². The lowest BCUT2D eigenvalue weighted by Crippen LogP contribution is -2.55. The van der Waals surface area contributed by atoms with Gasteiger partial charge in [0.25, 0.3) is 0 Å². The van der Waals surface area contributed by atoms with Crippen LogP contribution in [0.1, 0.15) is 18.7 Å². The molecule has 1 saturated heterocycles. The first-order valence-electron chi connectivity index (χ1n) is 6.00. The molecule has 2 atom stereocenters. The minimum atomic E-state index is -1.07. The van der Waals surface area contributed by atoms with Crippen molar-refractivity contribution >= 4 is 12.0 Å². The monoisotopic (exact) mass is 268 g/mol. The Kier molecular flexibility index (Phi) is 4.06. The van der Waals surface area contributed by atoms with Gasteiger partial charge in [0.1, 0.15) is 5.76 Å². The van der Waals surface area contributed by atoms with Crippen LogP contribution in [0.15, 0.2) is 22.8 Å². The van der Waals surface area contributed by atoms with Crippen molar-refractivity contribution in [3.05, 3.63) is 24.2 Å². The Balaban J connectivity index is 2.00. The van der Waals surface area contributed by atoms with E-state index in [2.05, 4.69) is 5.32 Å². The fraction of sp³-hybridized carbons (Fsp3) is 0.500. The van der Waals surface area contributed by atoms with E-state index in [1.54, 1.807) is 19.1 Å². The molecule has 1 aliphatic heterocycles.